The van der Waals surface area contributed by atoms with Crippen molar-refractivity contribution in [2.24, 2.45) is 0 Å². The van der Waals surface area contributed by atoms with Crippen LogP contribution in [0.15, 0.2) is 36.5 Å². The van der Waals surface area contributed by atoms with Crippen molar-refractivity contribution < 1.29 is 14.3 Å². The van der Waals surface area contributed by atoms with Crippen molar-refractivity contribution in [1.29, 1.82) is 0 Å². The summed E-state index contributed by atoms with van der Waals surface area (Å²) in [6.07, 6.45) is 3.96. The highest BCUT2D eigenvalue weighted by atomic mass is 35.5. The molecule has 132 valence electrons. The van der Waals surface area contributed by atoms with Gasteiger partial charge < -0.3 is 10.0 Å². The third-order valence-electron chi connectivity index (χ3n) is 4.52. The average Bonchev–Trinajstić information content (AvgIpc) is 3.19. The number of phenolic OH excluding ortho intramolecular Hbond substituents is 1. The Labute approximate surface area is 154 Å². The van der Waals surface area contributed by atoms with Crippen LogP contribution in [0.25, 0.3) is 11.0 Å². The number of benzene rings is 2. The molecule has 0 atom stereocenters. The number of fused-ring (bicyclic) bond motifs is 1. The highest BCUT2D eigenvalue weighted by Crippen LogP contribution is 2.31. The summed E-state index contributed by atoms with van der Waals surface area (Å²) in [5, 5.41) is 9.37. The molecular weight excluding hydrogens is 357 g/mol. The number of aromatic nitrogens is 2. The molecule has 0 spiro atoms. The number of aromatic hydroxyl groups is 1. The van der Waals surface area contributed by atoms with Gasteiger partial charge in [0.05, 0.1) is 27.8 Å². The Balaban J connectivity index is 1.77. The van der Waals surface area contributed by atoms with Crippen LogP contribution >= 0.6 is 11.6 Å². The molecule has 0 amide bonds. The smallest absolute Gasteiger partial charge is 0.197 e. The Morgan fingerprint density at radius 1 is 1.15 bits per heavy atom. The topological polar surface area (TPSA) is 66.3 Å². The van der Waals surface area contributed by atoms with Crippen LogP contribution in [0, 0.1) is 5.82 Å². The second kappa shape index (κ2) is 6.53. The van der Waals surface area contributed by atoms with Gasteiger partial charge in [-0.2, -0.15) is 0 Å². The standard InChI is InChI=1S/C19H15ClFN3O2/c20-18-15(25)6-4-12(21)17(18)19(26)11-3-5-13-14(9-11)23-16(10-22-13)24-7-1-2-8-24/h3-6,9-10,25H,1-2,7-8H2. The molecule has 2 aromatic carbocycles. The molecule has 5 nitrogen and oxygen atoms in total. The summed E-state index contributed by atoms with van der Waals surface area (Å²) in [5.41, 5.74) is 1.08. The largest absolute Gasteiger partial charge is 0.506 e. The van der Waals surface area contributed by atoms with E-state index in [1.165, 1.54) is 0 Å². The van der Waals surface area contributed by atoms with Crippen LogP contribution in [0.3, 0.4) is 0 Å². The fourth-order valence-electron chi connectivity index (χ4n) is 3.14. The lowest BCUT2D eigenvalue weighted by molar-refractivity contribution is 0.103. The fourth-order valence-corrected chi connectivity index (χ4v) is 3.37. The van der Waals surface area contributed by atoms with Crippen molar-refractivity contribution in [2.45, 2.75) is 12.8 Å². The van der Waals surface area contributed by atoms with Gasteiger partial charge in [0.2, 0.25) is 0 Å². The minimum Gasteiger partial charge on any atom is -0.506 e. The van der Waals surface area contributed by atoms with Gasteiger partial charge in [-0.1, -0.05) is 11.6 Å². The van der Waals surface area contributed by atoms with Crippen LogP contribution in [0.5, 0.6) is 5.75 Å². The zero-order chi connectivity index (χ0) is 18.3. The molecule has 1 fully saturated rings. The Hall–Kier alpha value is -2.73. The van der Waals surface area contributed by atoms with Crippen LogP contribution in [0.1, 0.15) is 28.8 Å². The minimum absolute atomic E-state index is 0.233. The van der Waals surface area contributed by atoms with Crippen LogP contribution in [-0.4, -0.2) is 33.9 Å². The molecular formula is C19H15ClFN3O2. The maximum absolute atomic E-state index is 14.1. The zero-order valence-electron chi connectivity index (χ0n) is 13.7. The van der Waals surface area contributed by atoms with E-state index in [0.717, 1.165) is 43.9 Å². The first-order chi connectivity index (χ1) is 12.5. The quantitative estimate of drug-likeness (QED) is 0.706. The molecule has 1 aliphatic rings. The van der Waals surface area contributed by atoms with Gasteiger partial charge in [-0.05, 0) is 43.2 Å². The Morgan fingerprint density at radius 3 is 2.69 bits per heavy atom. The first-order valence-electron chi connectivity index (χ1n) is 8.28. The van der Waals surface area contributed by atoms with Crippen LogP contribution in [-0.2, 0) is 0 Å². The molecule has 26 heavy (non-hydrogen) atoms. The molecule has 7 heteroatoms. The highest BCUT2D eigenvalue weighted by molar-refractivity contribution is 6.36. The molecule has 0 saturated carbocycles. The van der Waals surface area contributed by atoms with E-state index < -0.39 is 11.6 Å². The van der Waals surface area contributed by atoms with Crippen molar-refractivity contribution in [3.63, 3.8) is 0 Å². The van der Waals surface area contributed by atoms with Gasteiger partial charge in [-0.25, -0.2) is 9.37 Å². The monoisotopic (exact) mass is 371 g/mol. The number of carbonyl (C=O) groups excluding carboxylic acids is 1. The van der Waals surface area contributed by atoms with E-state index in [1.54, 1.807) is 24.4 Å². The number of halogens is 2. The molecule has 1 aliphatic heterocycles. The first kappa shape index (κ1) is 16.7. The Bertz CT molecular complexity index is 1020. The lowest BCUT2D eigenvalue weighted by atomic mass is 10.0. The normalized spacial score (nSPS) is 14.2. The van der Waals surface area contributed by atoms with Crippen LogP contribution in [0.4, 0.5) is 10.2 Å². The van der Waals surface area contributed by atoms with Gasteiger partial charge in [0.25, 0.3) is 0 Å². The van der Waals surface area contributed by atoms with Gasteiger partial charge in [-0.3, -0.25) is 9.78 Å². The van der Waals surface area contributed by atoms with Gasteiger partial charge in [0.1, 0.15) is 17.4 Å². The third-order valence-corrected chi connectivity index (χ3v) is 4.90. The van der Waals surface area contributed by atoms with E-state index in [0.29, 0.717) is 11.0 Å². The maximum atomic E-state index is 14.1. The van der Waals surface area contributed by atoms with E-state index in [2.05, 4.69) is 14.9 Å². The summed E-state index contributed by atoms with van der Waals surface area (Å²) in [7, 11) is 0. The molecule has 0 unspecified atom stereocenters. The zero-order valence-corrected chi connectivity index (χ0v) is 14.5. The summed E-state index contributed by atoms with van der Waals surface area (Å²) in [6.45, 7) is 1.87. The second-order valence-corrected chi connectivity index (χ2v) is 6.59. The van der Waals surface area contributed by atoms with Crippen molar-refractivity contribution >= 4 is 34.2 Å². The van der Waals surface area contributed by atoms with Crippen molar-refractivity contribution in [3.8, 4) is 5.75 Å². The Kier molecular flexibility index (Phi) is 4.20. The lowest BCUT2D eigenvalue weighted by Crippen LogP contribution is -2.19. The fraction of sp³-hybridized carbons (Fsp3) is 0.211. The molecule has 4 rings (SSSR count). The van der Waals surface area contributed by atoms with E-state index >= 15 is 0 Å². The summed E-state index contributed by atoms with van der Waals surface area (Å²) in [6, 6.07) is 6.92. The number of hydrogen-bond donors (Lipinski definition) is 1. The van der Waals surface area contributed by atoms with E-state index in [4.69, 9.17) is 11.6 Å². The summed E-state index contributed by atoms with van der Waals surface area (Å²) < 4.78 is 14.1. The molecule has 1 N–H and O–H groups in total. The SMILES string of the molecule is O=C(c1ccc2ncc(N3CCCC3)nc2c1)c1c(F)ccc(O)c1Cl. The molecule has 3 aromatic rings. The number of ketones is 1. The van der Waals surface area contributed by atoms with Crippen molar-refractivity contribution in [1.82, 2.24) is 9.97 Å². The van der Waals surface area contributed by atoms with E-state index in [1.807, 2.05) is 0 Å². The van der Waals surface area contributed by atoms with Gasteiger partial charge >= 0.3 is 0 Å². The average molecular weight is 372 g/mol. The summed E-state index contributed by atoms with van der Waals surface area (Å²) >= 11 is 5.93. The first-order valence-corrected chi connectivity index (χ1v) is 8.66. The van der Waals surface area contributed by atoms with Crippen molar-refractivity contribution in [2.75, 3.05) is 18.0 Å². The number of rotatable bonds is 3. The van der Waals surface area contributed by atoms with Gasteiger partial charge in [0.15, 0.2) is 5.78 Å². The van der Waals surface area contributed by atoms with Gasteiger partial charge in [-0.15, -0.1) is 0 Å². The summed E-state index contributed by atoms with van der Waals surface area (Å²) in [5.74, 6) is -0.969. The highest BCUT2D eigenvalue weighted by Gasteiger charge is 2.21. The summed E-state index contributed by atoms with van der Waals surface area (Å²) in [4.78, 5) is 23.9. The molecule has 2 heterocycles. The van der Waals surface area contributed by atoms with Gasteiger partial charge in [0, 0.05) is 18.7 Å². The third kappa shape index (κ3) is 2.86. The predicted molar refractivity (Wildman–Crippen MR) is 97.5 cm³/mol. The van der Waals surface area contributed by atoms with E-state index in [9.17, 15) is 14.3 Å². The second-order valence-electron chi connectivity index (χ2n) is 6.21. The molecule has 1 saturated heterocycles. The van der Waals surface area contributed by atoms with Crippen LogP contribution in [0.2, 0.25) is 5.02 Å². The number of hydrogen-bond acceptors (Lipinski definition) is 5. The number of anilines is 1. The molecule has 0 bridgehead atoms. The molecule has 0 aliphatic carbocycles. The maximum Gasteiger partial charge on any atom is 0.197 e. The lowest BCUT2D eigenvalue weighted by Gasteiger charge is -2.16. The number of nitrogens with zero attached hydrogens (tertiary/aromatic N) is 3. The number of phenols is 1. The molecule has 0 radical (unpaired) electrons. The number of carbonyl (C=O) groups is 1. The van der Waals surface area contributed by atoms with Crippen molar-refractivity contribution in [3.05, 3.63) is 58.5 Å². The van der Waals surface area contributed by atoms with Crippen LogP contribution < -0.4 is 4.90 Å². The van der Waals surface area contributed by atoms with E-state index in [-0.39, 0.29) is 21.9 Å². The minimum atomic E-state index is -0.783. The molecule has 1 aromatic heterocycles. The predicted octanol–water partition coefficient (Wildman–Crippen LogP) is 3.96. The Morgan fingerprint density at radius 2 is 1.92 bits per heavy atom.